The number of ether oxygens (including phenoxy) is 1. The molecule has 0 fully saturated rings. The maximum Gasteiger partial charge on any atom is 0.310 e. The average Bonchev–Trinajstić information content (AvgIpc) is 1.62. The highest BCUT2D eigenvalue weighted by Crippen LogP contribution is 2.13. The van der Waals surface area contributed by atoms with E-state index in [1.807, 2.05) is 20.8 Å². The van der Waals surface area contributed by atoms with Crippen molar-refractivity contribution in [2.24, 2.45) is 5.41 Å². The van der Waals surface area contributed by atoms with Crippen molar-refractivity contribution in [1.82, 2.24) is 0 Å². The van der Waals surface area contributed by atoms with Gasteiger partial charge in [-0.05, 0) is 20.8 Å². The summed E-state index contributed by atoms with van der Waals surface area (Å²) < 4.78 is 4.48. The highest BCUT2D eigenvalue weighted by molar-refractivity contribution is 6.92. The SMILES string of the molecule is COC(=O)C(C)(C)C.P. The van der Waals surface area contributed by atoms with E-state index in [-0.39, 0.29) is 21.3 Å². The van der Waals surface area contributed by atoms with Crippen LogP contribution >= 0.6 is 9.90 Å². The Bertz CT molecular complexity index is 93.7. The van der Waals surface area contributed by atoms with Crippen LogP contribution in [0, 0.1) is 5.41 Å². The molecule has 0 heterocycles. The van der Waals surface area contributed by atoms with Gasteiger partial charge in [0.25, 0.3) is 0 Å². The van der Waals surface area contributed by atoms with Gasteiger partial charge < -0.3 is 4.74 Å². The van der Waals surface area contributed by atoms with Gasteiger partial charge in [0.1, 0.15) is 0 Å². The van der Waals surface area contributed by atoms with Crippen molar-refractivity contribution in [3.63, 3.8) is 0 Å². The van der Waals surface area contributed by atoms with Crippen LogP contribution in [0.4, 0.5) is 0 Å². The molecule has 0 aliphatic rings. The molecule has 56 valence electrons. The van der Waals surface area contributed by atoms with Crippen LogP contribution in [0.2, 0.25) is 0 Å². The van der Waals surface area contributed by atoms with Gasteiger partial charge in [0.05, 0.1) is 12.5 Å². The van der Waals surface area contributed by atoms with Crippen molar-refractivity contribution in [2.45, 2.75) is 20.8 Å². The molecule has 3 heteroatoms. The Labute approximate surface area is 59.6 Å². The Morgan fingerprint density at radius 3 is 1.67 bits per heavy atom. The van der Waals surface area contributed by atoms with Gasteiger partial charge in [-0.3, -0.25) is 4.79 Å². The van der Waals surface area contributed by atoms with E-state index >= 15 is 0 Å². The summed E-state index contributed by atoms with van der Waals surface area (Å²) in [7, 11) is 1.40. The molecule has 0 N–H and O–H groups in total. The molecule has 1 unspecified atom stereocenters. The van der Waals surface area contributed by atoms with Gasteiger partial charge in [0.2, 0.25) is 0 Å². The van der Waals surface area contributed by atoms with E-state index in [1.165, 1.54) is 7.11 Å². The van der Waals surface area contributed by atoms with Gasteiger partial charge >= 0.3 is 5.97 Å². The predicted octanol–water partition coefficient (Wildman–Crippen LogP) is 1.26. The maximum absolute atomic E-state index is 10.6. The lowest BCUT2D eigenvalue weighted by Gasteiger charge is -2.13. The second-order valence-corrected chi connectivity index (χ2v) is 2.74. The van der Waals surface area contributed by atoms with E-state index in [2.05, 4.69) is 4.74 Å². The standard InChI is InChI=1S/C6H12O2.H3P/c1-6(2,3)5(7)8-4;/h1-4H3;1H3. The molecule has 0 aromatic rings. The lowest BCUT2D eigenvalue weighted by Crippen LogP contribution is -2.21. The summed E-state index contributed by atoms with van der Waals surface area (Å²) in [5, 5.41) is 0. The fraction of sp³-hybridized carbons (Fsp3) is 0.833. The summed E-state index contributed by atoms with van der Waals surface area (Å²) in [4.78, 5) is 10.6. The Morgan fingerprint density at radius 2 is 1.67 bits per heavy atom. The lowest BCUT2D eigenvalue weighted by molar-refractivity contribution is -0.149. The van der Waals surface area contributed by atoms with Gasteiger partial charge in [-0.25, -0.2) is 0 Å². The third-order valence-electron chi connectivity index (χ3n) is 0.798. The largest absolute Gasteiger partial charge is 0.469 e. The zero-order valence-electron chi connectivity index (χ0n) is 6.52. The van der Waals surface area contributed by atoms with Crippen LogP contribution in [0.3, 0.4) is 0 Å². The molecular formula is C6H15O2P. The Kier molecular flexibility index (Phi) is 4.97. The monoisotopic (exact) mass is 150 g/mol. The molecule has 0 aromatic heterocycles. The molecule has 9 heavy (non-hydrogen) atoms. The predicted molar refractivity (Wildman–Crippen MR) is 42.6 cm³/mol. The zero-order chi connectivity index (χ0) is 6.78. The number of carbonyl (C=O) groups excluding carboxylic acids is 1. The highest BCUT2D eigenvalue weighted by atomic mass is 31.0. The van der Waals surface area contributed by atoms with Crippen LogP contribution in [0.15, 0.2) is 0 Å². The van der Waals surface area contributed by atoms with Crippen molar-refractivity contribution in [1.29, 1.82) is 0 Å². The zero-order valence-corrected chi connectivity index (χ0v) is 7.94. The molecule has 2 nitrogen and oxygen atoms in total. The van der Waals surface area contributed by atoms with Crippen LogP contribution in [0.1, 0.15) is 20.8 Å². The molecular weight excluding hydrogens is 135 g/mol. The molecule has 0 aromatic carbocycles. The van der Waals surface area contributed by atoms with E-state index < -0.39 is 0 Å². The first kappa shape index (κ1) is 11.7. The second kappa shape index (κ2) is 3.84. The molecule has 0 radical (unpaired) electrons. The molecule has 0 aliphatic heterocycles. The van der Waals surface area contributed by atoms with Crippen molar-refractivity contribution in [3.05, 3.63) is 0 Å². The molecule has 0 bridgehead atoms. The first-order valence-electron chi connectivity index (χ1n) is 2.57. The average molecular weight is 150 g/mol. The number of rotatable bonds is 0. The van der Waals surface area contributed by atoms with Crippen LogP contribution in [0.25, 0.3) is 0 Å². The van der Waals surface area contributed by atoms with Crippen LogP contribution < -0.4 is 0 Å². The van der Waals surface area contributed by atoms with E-state index in [9.17, 15) is 4.79 Å². The van der Waals surface area contributed by atoms with Crippen molar-refractivity contribution < 1.29 is 9.53 Å². The van der Waals surface area contributed by atoms with Gasteiger partial charge in [-0.15, -0.1) is 0 Å². The minimum absolute atomic E-state index is 0. The maximum atomic E-state index is 10.6. The van der Waals surface area contributed by atoms with E-state index in [4.69, 9.17) is 0 Å². The third-order valence-corrected chi connectivity index (χ3v) is 0.798. The topological polar surface area (TPSA) is 26.3 Å². The molecule has 0 rings (SSSR count). The first-order chi connectivity index (χ1) is 3.48. The number of hydrogen-bond acceptors (Lipinski definition) is 2. The van der Waals surface area contributed by atoms with Crippen molar-refractivity contribution in [2.75, 3.05) is 7.11 Å². The third kappa shape index (κ3) is 4.41. The number of hydrogen-bond donors (Lipinski definition) is 0. The van der Waals surface area contributed by atoms with Crippen molar-refractivity contribution >= 4 is 15.9 Å². The van der Waals surface area contributed by atoms with Gasteiger partial charge in [0.15, 0.2) is 0 Å². The van der Waals surface area contributed by atoms with E-state index in [1.54, 1.807) is 0 Å². The molecule has 0 spiro atoms. The molecule has 0 saturated carbocycles. The van der Waals surface area contributed by atoms with Gasteiger partial charge in [0, 0.05) is 0 Å². The molecule has 0 saturated heterocycles. The van der Waals surface area contributed by atoms with Gasteiger partial charge in [-0.2, -0.15) is 9.90 Å². The summed E-state index contributed by atoms with van der Waals surface area (Å²) in [5.74, 6) is -0.169. The minimum atomic E-state index is -0.352. The smallest absolute Gasteiger partial charge is 0.310 e. The normalized spacial score (nSPS) is 9.78. The van der Waals surface area contributed by atoms with Crippen LogP contribution in [0.5, 0.6) is 0 Å². The Hall–Kier alpha value is -0.100. The van der Waals surface area contributed by atoms with Crippen LogP contribution in [-0.4, -0.2) is 13.1 Å². The number of carbonyl (C=O) groups is 1. The Balaban J connectivity index is 0. The summed E-state index contributed by atoms with van der Waals surface area (Å²) in [5.41, 5.74) is -0.352. The number of esters is 1. The minimum Gasteiger partial charge on any atom is -0.469 e. The molecule has 0 amide bonds. The first-order valence-corrected chi connectivity index (χ1v) is 2.57. The van der Waals surface area contributed by atoms with Gasteiger partial charge in [-0.1, -0.05) is 0 Å². The summed E-state index contributed by atoms with van der Waals surface area (Å²) >= 11 is 0. The van der Waals surface area contributed by atoms with E-state index in [0.717, 1.165) is 0 Å². The fourth-order valence-corrected chi connectivity index (χ4v) is 0.306. The molecule has 0 aliphatic carbocycles. The Morgan fingerprint density at radius 1 is 1.33 bits per heavy atom. The van der Waals surface area contributed by atoms with E-state index in [0.29, 0.717) is 0 Å². The van der Waals surface area contributed by atoms with Crippen LogP contribution in [-0.2, 0) is 9.53 Å². The van der Waals surface area contributed by atoms with Crippen molar-refractivity contribution in [3.8, 4) is 0 Å². The number of methoxy groups -OCH3 is 1. The summed E-state index contributed by atoms with van der Waals surface area (Å²) in [6, 6.07) is 0. The quantitative estimate of drug-likeness (QED) is 0.384. The summed E-state index contributed by atoms with van der Waals surface area (Å²) in [6.07, 6.45) is 0. The molecule has 1 atom stereocenters. The second-order valence-electron chi connectivity index (χ2n) is 2.74. The fourth-order valence-electron chi connectivity index (χ4n) is 0.306. The highest BCUT2D eigenvalue weighted by Gasteiger charge is 2.21. The summed E-state index contributed by atoms with van der Waals surface area (Å²) in [6.45, 7) is 5.45. The lowest BCUT2D eigenvalue weighted by atomic mass is 9.98.